The molecular weight excluding hydrogens is 222 g/mol. The Bertz CT molecular complexity index is 436. The minimum absolute atomic E-state index is 0.0566. The maximum Gasteiger partial charge on any atom is 0.331 e. The number of hydrogen-bond acceptors (Lipinski definition) is 5. The van der Waals surface area contributed by atoms with Crippen LogP contribution in [0, 0.1) is 17.0 Å². The third-order valence-corrected chi connectivity index (χ3v) is 2.87. The molecule has 2 N–H and O–H groups in total. The number of aromatic nitrogens is 1. The molecule has 1 aromatic rings. The summed E-state index contributed by atoms with van der Waals surface area (Å²) in [6.45, 7) is 1.76. The molecule has 92 valence electrons. The number of aryl methyl sites for hydroxylation is 1. The summed E-state index contributed by atoms with van der Waals surface area (Å²) in [5.74, 6) is 0.0969. The third-order valence-electron chi connectivity index (χ3n) is 2.87. The Hall–Kier alpha value is -1.69. The van der Waals surface area contributed by atoms with Gasteiger partial charge in [-0.15, -0.1) is 0 Å². The van der Waals surface area contributed by atoms with E-state index in [0.29, 0.717) is 0 Å². The number of nitrogens with zero attached hydrogens (tertiary/aromatic N) is 2. The first-order valence-corrected chi connectivity index (χ1v) is 5.59. The second kappa shape index (κ2) is 4.67. The van der Waals surface area contributed by atoms with E-state index in [1.165, 1.54) is 6.07 Å². The molecule has 0 bridgehead atoms. The predicted molar refractivity (Wildman–Crippen MR) is 61.9 cm³/mol. The number of hydrogen-bond donors (Lipinski definition) is 1. The van der Waals surface area contributed by atoms with E-state index in [9.17, 15) is 10.1 Å². The van der Waals surface area contributed by atoms with Crippen molar-refractivity contribution in [3.8, 4) is 5.88 Å². The molecule has 1 heterocycles. The van der Waals surface area contributed by atoms with Crippen LogP contribution in [0.1, 0.15) is 24.8 Å². The molecule has 0 saturated heterocycles. The van der Waals surface area contributed by atoms with Crippen molar-refractivity contribution < 1.29 is 9.66 Å². The van der Waals surface area contributed by atoms with E-state index >= 15 is 0 Å². The normalized spacial score (nSPS) is 23.6. The van der Waals surface area contributed by atoms with Crippen molar-refractivity contribution in [2.45, 2.75) is 38.3 Å². The lowest BCUT2D eigenvalue weighted by Gasteiger charge is -2.12. The third kappa shape index (κ3) is 2.71. The fourth-order valence-electron chi connectivity index (χ4n) is 2.00. The largest absolute Gasteiger partial charge is 0.469 e. The lowest BCUT2D eigenvalue weighted by atomic mass is 10.2. The van der Waals surface area contributed by atoms with Gasteiger partial charge in [0.05, 0.1) is 4.92 Å². The maximum atomic E-state index is 10.9. The summed E-state index contributed by atoms with van der Waals surface area (Å²) < 4.78 is 5.56. The van der Waals surface area contributed by atoms with Gasteiger partial charge >= 0.3 is 5.69 Å². The Morgan fingerprint density at radius 3 is 2.94 bits per heavy atom. The Morgan fingerprint density at radius 2 is 2.35 bits per heavy atom. The Labute approximate surface area is 98.9 Å². The van der Waals surface area contributed by atoms with Gasteiger partial charge in [0.2, 0.25) is 0 Å². The number of nitrogens with two attached hydrogens (primary N) is 1. The highest BCUT2D eigenvalue weighted by Gasteiger charge is 2.27. The first kappa shape index (κ1) is 11.8. The highest BCUT2D eigenvalue weighted by molar-refractivity contribution is 5.42. The molecule has 1 aromatic heterocycles. The summed E-state index contributed by atoms with van der Waals surface area (Å²) >= 11 is 0. The van der Waals surface area contributed by atoms with Crippen molar-refractivity contribution >= 4 is 5.69 Å². The molecule has 2 rings (SSSR count). The Kier molecular flexibility index (Phi) is 3.23. The molecule has 0 spiro atoms. The van der Waals surface area contributed by atoms with Gasteiger partial charge in [-0.2, -0.15) is 0 Å². The Morgan fingerprint density at radius 1 is 1.59 bits per heavy atom. The number of pyridine rings is 1. The van der Waals surface area contributed by atoms with Crippen molar-refractivity contribution in [3.05, 3.63) is 27.9 Å². The summed E-state index contributed by atoms with van der Waals surface area (Å²) in [5.41, 5.74) is 6.43. The fourth-order valence-corrected chi connectivity index (χ4v) is 2.00. The zero-order valence-corrected chi connectivity index (χ0v) is 9.63. The molecule has 17 heavy (non-hydrogen) atoms. The van der Waals surface area contributed by atoms with Crippen LogP contribution in [0.4, 0.5) is 5.69 Å². The van der Waals surface area contributed by atoms with Gasteiger partial charge in [-0.25, -0.2) is 4.98 Å². The van der Waals surface area contributed by atoms with E-state index in [-0.39, 0.29) is 23.7 Å². The lowest BCUT2D eigenvalue weighted by Crippen LogP contribution is -2.19. The molecule has 1 aliphatic carbocycles. The van der Waals surface area contributed by atoms with Gasteiger partial charge in [0.1, 0.15) is 6.10 Å². The van der Waals surface area contributed by atoms with Crippen LogP contribution in [0.5, 0.6) is 5.88 Å². The molecule has 0 aromatic carbocycles. The number of ether oxygens (including phenoxy) is 1. The second-order valence-electron chi connectivity index (χ2n) is 4.41. The van der Waals surface area contributed by atoms with Gasteiger partial charge in [0.25, 0.3) is 5.88 Å². The van der Waals surface area contributed by atoms with E-state index in [4.69, 9.17) is 10.5 Å². The molecule has 0 aliphatic heterocycles. The summed E-state index contributed by atoms with van der Waals surface area (Å²) in [7, 11) is 0. The van der Waals surface area contributed by atoms with Gasteiger partial charge in [-0.1, -0.05) is 0 Å². The second-order valence-corrected chi connectivity index (χ2v) is 4.41. The van der Waals surface area contributed by atoms with Gasteiger partial charge < -0.3 is 10.5 Å². The summed E-state index contributed by atoms with van der Waals surface area (Å²) in [6.07, 6.45) is 3.96. The van der Waals surface area contributed by atoms with Gasteiger partial charge in [0.15, 0.2) is 0 Å². The molecule has 1 saturated carbocycles. The van der Waals surface area contributed by atoms with Crippen LogP contribution in [-0.2, 0) is 0 Å². The zero-order valence-electron chi connectivity index (χ0n) is 9.63. The molecule has 0 radical (unpaired) electrons. The van der Waals surface area contributed by atoms with Crippen molar-refractivity contribution in [3.63, 3.8) is 0 Å². The summed E-state index contributed by atoms with van der Waals surface area (Å²) in [5, 5.41) is 10.9. The zero-order chi connectivity index (χ0) is 12.4. The monoisotopic (exact) mass is 237 g/mol. The van der Waals surface area contributed by atoms with Crippen molar-refractivity contribution in [1.82, 2.24) is 4.98 Å². The average Bonchev–Trinajstić information content (AvgIpc) is 2.66. The predicted octanol–water partition coefficient (Wildman–Crippen LogP) is 1.56. The van der Waals surface area contributed by atoms with E-state index in [1.54, 1.807) is 13.1 Å². The van der Waals surface area contributed by atoms with Gasteiger partial charge in [0, 0.05) is 18.3 Å². The van der Waals surface area contributed by atoms with Crippen LogP contribution in [0.25, 0.3) is 0 Å². The van der Waals surface area contributed by atoms with E-state index in [0.717, 1.165) is 24.8 Å². The quantitative estimate of drug-likeness (QED) is 0.636. The minimum Gasteiger partial charge on any atom is -0.469 e. The van der Waals surface area contributed by atoms with E-state index in [1.807, 2.05) is 0 Å². The molecule has 6 heteroatoms. The SMILES string of the molecule is Cc1cnc(OC2CCC(N)C2)c([N+](=O)[O-])c1. The summed E-state index contributed by atoms with van der Waals surface area (Å²) in [6, 6.07) is 1.60. The molecule has 2 unspecified atom stereocenters. The van der Waals surface area contributed by atoms with Gasteiger partial charge in [-0.3, -0.25) is 10.1 Å². The molecule has 6 nitrogen and oxygen atoms in total. The molecule has 2 atom stereocenters. The number of rotatable bonds is 3. The number of nitro groups is 1. The molecule has 1 fully saturated rings. The van der Waals surface area contributed by atoms with Gasteiger partial charge in [-0.05, 0) is 31.7 Å². The summed E-state index contributed by atoms with van der Waals surface area (Å²) in [4.78, 5) is 14.4. The van der Waals surface area contributed by atoms with Crippen molar-refractivity contribution in [2.24, 2.45) is 5.73 Å². The highest BCUT2D eigenvalue weighted by Crippen LogP contribution is 2.29. The van der Waals surface area contributed by atoms with Crippen molar-refractivity contribution in [2.75, 3.05) is 0 Å². The van der Waals surface area contributed by atoms with Crippen LogP contribution in [0.2, 0.25) is 0 Å². The smallest absolute Gasteiger partial charge is 0.331 e. The molecular formula is C11H15N3O3. The van der Waals surface area contributed by atoms with Crippen LogP contribution >= 0.6 is 0 Å². The molecule has 1 aliphatic rings. The fraction of sp³-hybridized carbons (Fsp3) is 0.545. The van der Waals surface area contributed by atoms with Crippen LogP contribution < -0.4 is 10.5 Å². The van der Waals surface area contributed by atoms with Crippen molar-refractivity contribution in [1.29, 1.82) is 0 Å². The standard InChI is InChI=1S/C11H15N3O3/c1-7-4-10(14(15)16)11(13-6-7)17-9-3-2-8(12)5-9/h4,6,8-9H,2-3,5,12H2,1H3. The topological polar surface area (TPSA) is 91.3 Å². The van der Waals surface area contributed by atoms with E-state index in [2.05, 4.69) is 4.98 Å². The lowest BCUT2D eigenvalue weighted by molar-refractivity contribution is -0.386. The minimum atomic E-state index is -0.468. The first-order valence-electron chi connectivity index (χ1n) is 5.59. The van der Waals surface area contributed by atoms with Crippen LogP contribution in [-0.4, -0.2) is 22.1 Å². The molecule has 0 amide bonds. The van der Waals surface area contributed by atoms with E-state index < -0.39 is 4.92 Å². The van der Waals surface area contributed by atoms with Crippen LogP contribution in [0.15, 0.2) is 12.3 Å². The highest BCUT2D eigenvalue weighted by atomic mass is 16.6. The first-order chi connectivity index (χ1) is 8.06. The Balaban J connectivity index is 2.17. The maximum absolute atomic E-state index is 10.9. The average molecular weight is 237 g/mol. The van der Waals surface area contributed by atoms with Crippen LogP contribution in [0.3, 0.4) is 0 Å².